The maximum Gasteiger partial charge on any atom is 0.309 e. The average Bonchev–Trinajstić information content (AvgIpc) is 3.02. The van der Waals surface area contributed by atoms with E-state index in [1.54, 1.807) is 0 Å². The minimum absolute atomic E-state index is 0.0348. The van der Waals surface area contributed by atoms with E-state index in [2.05, 4.69) is 45.7 Å². The third-order valence-corrected chi connectivity index (χ3v) is 5.84. The van der Waals surface area contributed by atoms with Crippen LogP contribution in [0.1, 0.15) is 49.3 Å². The van der Waals surface area contributed by atoms with Crippen molar-refractivity contribution in [3.8, 4) is 0 Å². The van der Waals surface area contributed by atoms with Crippen molar-refractivity contribution in [1.29, 1.82) is 0 Å². The highest BCUT2D eigenvalue weighted by molar-refractivity contribution is 6.35. The molecule has 2 amide bonds. The van der Waals surface area contributed by atoms with Crippen LogP contribution in [0.4, 0.5) is 5.69 Å². The van der Waals surface area contributed by atoms with Gasteiger partial charge in [0.25, 0.3) is 0 Å². The normalized spacial score (nSPS) is 18.3. The Morgan fingerprint density at radius 1 is 1.19 bits per heavy atom. The molecule has 0 unspecified atom stereocenters. The lowest BCUT2D eigenvalue weighted by Gasteiger charge is -2.26. The lowest BCUT2D eigenvalue weighted by atomic mass is 9.95. The average molecular weight is 373 g/mol. The molecule has 1 heterocycles. The van der Waals surface area contributed by atoms with Crippen LogP contribution in [0, 0.1) is 0 Å². The fourth-order valence-electron chi connectivity index (χ4n) is 4.16. The molecule has 1 saturated carbocycles. The summed E-state index contributed by atoms with van der Waals surface area (Å²) in [6.45, 7) is 1.46. The van der Waals surface area contributed by atoms with E-state index in [-0.39, 0.29) is 12.1 Å². The van der Waals surface area contributed by atoms with Gasteiger partial charge in [-0.1, -0.05) is 31.4 Å². The van der Waals surface area contributed by atoms with E-state index in [1.807, 2.05) is 14.1 Å². The predicted octanol–water partition coefficient (Wildman–Crippen LogP) is 1.85. The number of nitrogens with zero attached hydrogens (tertiary/aromatic N) is 2. The standard InChI is InChI=1S/C21H32N4O2/c1-24(2)19(15-9-10-18-16(13-15)11-12-25(18)3)14-22-20(26)21(27)23-17-7-5-4-6-8-17/h9-10,13,17,19H,4-8,11-12,14H2,1-3H3,(H,22,26)(H,23,27)/t19-/m1/s1. The van der Waals surface area contributed by atoms with E-state index in [0.29, 0.717) is 6.54 Å². The minimum atomic E-state index is -0.534. The minimum Gasteiger partial charge on any atom is -0.374 e. The number of carbonyl (C=O) groups excluding carboxylic acids is 2. The zero-order chi connectivity index (χ0) is 19.4. The fourth-order valence-corrected chi connectivity index (χ4v) is 4.16. The van der Waals surface area contributed by atoms with Crippen LogP contribution >= 0.6 is 0 Å². The van der Waals surface area contributed by atoms with Crippen LogP contribution < -0.4 is 15.5 Å². The number of likely N-dealkylation sites (N-methyl/N-ethyl adjacent to an activating group) is 2. The van der Waals surface area contributed by atoms with Gasteiger partial charge in [-0.3, -0.25) is 9.59 Å². The second-order valence-corrected chi connectivity index (χ2v) is 8.06. The molecule has 0 saturated heterocycles. The molecule has 0 aromatic heterocycles. The summed E-state index contributed by atoms with van der Waals surface area (Å²) in [6, 6.07) is 6.70. The smallest absolute Gasteiger partial charge is 0.309 e. The molecule has 3 rings (SSSR count). The number of hydrogen-bond donors (Lipinski definition) is 2. The molecular formula is C21H32N4O2. The lowest BCUT2D eigenvalue weighted by Crippen LogP contribution is -2.46. The van der Waals surface area contributed by atoms with Crippen molar-refractivity contribution < 1.29 is 9.59 Å². The maximum atomic E-state index is 12.3. The summed E-state index contributed by atoms with van der Waals surface area (Å²) >= 11 is 0. The van der Waals surface area contributed by atoms with Gasteiger partial charge < -0.3 is 20.4 Å². The summed E-state index contributed by atoms with van der Waals surface area (Å²) in [5.41, 5.74) is 3.80. The van der Waals surface area contributed by atoms with Gasteiger partial charge in [-0.25, -0.2) is 0 Å². The first kappa shape index (κ1) is 19.7. The maximum absolute atomic E-state index is 12.3. The molecule has 148 valence electrons. The van der Waals surface area contributed by atoms with Crippen LogP contribution in [0.2, 0.25) is 0 Å². The lowest BCUT2D eigenvalue weighted by molar-refractivity contribution is -0.139. The van der Waals surface area contributed by atoms with Crippen molar-refractivity contribution in [2.45, 2.75) is 50.6 Å². The van der Waals surface area contributed by atoms with E-state index in [1.165, 1.54) is 23.2 Å². The van der Waals surface area contributed by atoms with Gasteiger partial charge in [-0.15, -0.1) is 0 Å². The molecule has 2 aliphatic rings. The highest BCUT2D eigenvalue weighted by atomic mass is 16.2. The molecule has 1 aliphatic carbocycles. The molecule has 27 heavy (non-hydrogen) atoms. The van der Waals surface area contributed by atoms with Gasteiger partial charge in [0, 0.05) is 31.9 Å². The Kier molecular flexibility index (Phi) is 6.37. The van der Waals surface area contributed by atoms with E-state index >= 15 is 0 Å². The van der Waals surface area contributed by atoms with Gasteiger partial charge >= 0.3 is 11.8 Å². The van der Waals surface area contributed by atoms with Gasteiger partial charge in [0.2, 0.25) is 0 Å². The van der Waals surface area contributed by atoms with Crippen molar-refractivity contribution in [2.75, 3.05) is 39.1 Å². The molecule has 1 atom stereocenters. The molecular weight excluding hydrogens is 340 g/mol. The number of anilines is 1. The number of fused-ring (bicyclic) bond motifs is 1. The second-order valence-electron chi connectivity index (χ2n) is 8.06. The summed E-state index contributed by atoms with van der Waals surface area (Å²) < 4.78 is 0. The number of rotatable bonds is 5. The summed E-state index contributed by atoms with van der Waals surface area (Å²) in [7, 11) is 6.11. The van der Waals surface area contributed by atoms with Crippen LogP contribution in [-0.4, -0.2) is 57.0 Å². The van der Waals surface area contributed by atoms with Crippen LogP contribution in [0.25, 0.3) is 0 Å². The van der Waals surface area contributed by atoms with E-state index in [0.717, 1.165) is 38.6 Å². The highest BCUT2D eigenvalue weighted by Gasteiger charge is 2.23. The predicted molar refractivity (Wildman–Crippen MR) is 108 cm³/mol. The summed E-state index contributed by atoms with van der Waals surface area (Å²) in [5, 5.41) is 5.71. The molecule has 0 spiro atoms. The Morgan fingerprint density at radius 2 is 1.93 bits per heavy atom. The topological polar surface area (TPSA) is 64.7 Å². The third kappa shape index (κ3) is 4.80. The number of amides is 2. The highest BCUT2D eigenvalue weighted by Crippen LogP contribution is 2.30. The quantitative estimate of drug-likeness (QED) is 0.774. The summed E-state index contributed by atoms with van der Waals surface area (Å²) in [4.78, 5) is 28.8. The SMILES string of the molecule is CN1CCc2cc([C@@H](CNC(=O)C(=O)NC3CCCCC3)N(C)C)ccc21. The number of carbonyl (C=O) groups is 2. The fraction of sp³-hybridized carbons (Fsp3) is 0.619. The van der Waals surface area contributed by atoms with E-state index in [4.69, 9.17) is 0 Å². The van der Waals surface area contributed by atoms with Gasteiger partial charge in [0.05, 0.1) is 6.04 Å². The Balaban J connectivity index is 1.58. The molecule has 2 N–H and O–H groups in total. The molecule has 1 aliphatic heterocycles. The molecule has 0 bridgehead atoms. The Labute approximate surface area is 162 Å². The first-order valence-corrected chi connectivity index (χ1v) is 10.0. The number of hydrogen-bond acceptors (Lipinski definition) is 4. The zero-order valence-electron chi connectivity index (χ0n) is 16.8. The van der Waals surface area contributed by atoms with Gasteiger partial charge in [0.1, 0.15) is 0 Å². The number of nitrogens with one attached hydrogen (secondary N) is 2. The van der Waals surface area contributed by atoms with E-state index < -0.39 is 11.8 Å². The van der Waals surface area contributed by atoms with Gasteiger partial charge in [0.15, 0.2) is 0 Å². The Morgan fingerprint density at radius 3 is 2.63 bits per heavy atom. The van der Waals surface area contributed by atoms with Crippen molar-refractivity contribution in [1.82, 2.24) is 15.5 Å². The number of benzene rings is 1. The van der Waals surface area contributed by atoms with Crippen LogP contribution in [-0.2, 0) is 16.0 Å². The largest absolute Gasteiger partial charge is 0.374 e. The summed E-state index contributed by atoms with van der Waals surface area (Å²) in [6.07, 6.45) is 6.48. The Hall–Kier alpha value is -2.08. The van der Waals surface area contributed by atoms with Crippen molar-refractivity contribution in [3.63, 3.8) is 0 Å². The molecule has 1 aromatic carbocycles. The molecule has 6 heteroatoms. The van der Waals surface area contributed by atoms with E-state index in [9.17, 15) is 9.59 Å². The monoisotopic (exact) mass is 372 g/mol. The van der Waals surface area contributed by atoms with Gasteiger partial charge in [-0.05, 0) is 50.6 Å². The van der Waals surface area contributed by atoms with Crippen molar-refractivity contribution >= 4 is 17.5 Å². The zero-order valence-corrected chi connectivity index (χ0v) is 16.8. The van der Waals surface area contributed by atoms with Crippen molar-refractivity contribution in [2.24, 2.45) is 0 Å². The second kappa shape index (κ2) is 8.74. The third-order valence-electron chi connectivity index (χ3n) is 5.84. The first-order valence-electron chi connectivity index (χ1n) is 10.0. The van der Waals surface area contributed by atoms with Crippen LogP contribution in [0.5, 0.6) is 0 Å². The molecule has 6 nitrogen and oxygen atoms in total. The van der Waals surface area contributed by atoms with Crippen LogP contribution in [0.15, 0.2) is 18.2 Å². The Bertz CT molecular complexity index is 683. The van der Waals surface area contributed by atoms with Crippen LogP contribution in [0.3, 0.4) is 0 Å². The molecule has 1 aromatic rings. The molecule has 0 radical (unpaired) electrons. The summed E-state index contributed by atoms with van der Waals surface area (Å²) in [5.74, 6) is -1.04. The van der Waals surface area contributed by atoms with Crippen molar-refractivity contribution in [3.05, 3.63) is 29.3 Å². The first-order chi connectivity index (χ1) is 13.0. The molecule has 1 fully saturated rings. The van der Waals surface area contributed by atoms with Gasteiger partial charge in [-0.2, -0.15) is 0 Å².